The van der Waals surface area contributed by atoms with Gasteiger partial charge < -0.3 is 24.8 Å². The first-order chi connectivity index (χ1) is 24.9. The Kier molecular flexibility index (Phi) is 10.4. The van der Waals surface area contributed by atoms with Crippen molar-refractivity contribution in [2.75, 3.05) is 16.8 Å². The van der Waals surface area contributed by atoms with Gasteiger partial charge in [-0.05, 0) is 115 Å². The van der Waals surface area contributed by atoms with E-state index in [4.69, 9.17) is 9.39 Å². The van der Waals surface area contributed by atoms with Gasteiger partial charge in [-0.1, -0.05) is 73.5 Å². The molecule has 2 heterocycles. The number of imide groups is 1. The molecule has 2 fully saturated rings. The summed E-state index contributed by atoms with van der Waals surface area (Å²) in [7, 11) is -1.07. The van der Waals surface area contributed by atoms with Crippen LogP contribution in [0.25, 0.3) is 6.08 Å². The molecule has 7 rings (SSSR count). The number of phenols is 1. The molecule has 3 aliphatic rings. The highest BCUT2D eigenvalue weighted by atomic mass is 16.5. The molecule has 9 heteroatoms. The van der Waals surface area contributed by atoms with Gasteiger partial charge >= 0.3 is 7.12 Å². The lowest BCUT2D eigenvalue weighted by Gasteiger charge is -2.43. The highest BCUT2D eigenvalue weighted by molar-refractivity contribution is 6.43. The van der Waals surface area contributed by atoms with E-state index in [1.807, 2.05) is 97.1 Å². The largest absolute Gasteiger partial charge is 0.508 e. The van der Waals surface area contributed by atoms with E-state index in [9.17, 15) is 19.7 Å². The minimum Gasteiger partial charge on any atom is -0.508 e. The Morgan fingerprint density at radius 1 is 0.902 bits per heavy atom. The average Bonchev–Trinajstić information content (AvgIpc) is 3.39. The maximum atomic E-state index is 14.3. The minimum absolute atomic E-state index is 0.218. The van der Waals surface area contributed by atoms with E-state index in [1.54, 1.807) is 12.1 Å². The maximum absolute atomic E-state index is 14.3. The van der Waals surface area contributed by atoms with Crippen LogP contribution in [0.2, 0.25) is 6.32 Å². The zero-order chi connectivity index (χ0) is 35.3. The number of carbonyl (C=O) groups excluding carboxylic acids is 2. The van der Waals surface area contributed by atoms with Crippen molar-refractivity contribution in [3.63, 3.8) is 0 Å². The summed E-state index contributed by atoms with van der Waals surface area (Å²) in [4.78, 5) is 29.9. The van der Waals surface area contributed by atoms with E-state index in [0.29, 0.717) is 24.9 Å². The number of aromatic hydroxyl groups is 1. The predicted octanol–water partition coefficient (Wildman–Crippen LogP) is 8.18. The van der Waals surface area contributed by atoms with Gasteiger partial charge in [-0.2, -0.15) is 0 Å². The molecule has 260 valence electrons. The van der Waals surface area contributed by atoms with Crippen molar-refractivity contribution in [1.82, 2.24) is 0 Å². The van der Waals surface area contributed by atoms with Crippen molar-refractivity contribution in [2.45, 2.75) is 51.5 Å². The van der Waals surface area contributed by atoms with Crippen LogP contribution in [0.15, 0.2) is 126 Å². The summed E-state index contributed by atoms with van der Waals surface area (Å²) in [5.41, 5.74) is 6.41. The fraction of sp³-hybridized carbons (Fsp3) is 0.286. The van der Waals surface area contributed by atoms with E-state index in [1.165, 1.54) is 10.5 Å². The van der Waals surface area contributed by atoms with Crippen LogP contribution in [0, 0.1) is 17.8 Å². The van der Waals surface area contributed by atoms with E-state index in [0.717, 1.165) is 46.7 Å². The normalized spacial score (nSPS) is 21.8. The third kappa shape index (κ3) is 7.65. The van der Waals surface area contributed by atoms with E-state index < -0.39 is 25.1 Å². The van der Waals surface area contributed by atoms with Crippen LogP contribution in [0.4, 0.5) is 17.1 Å². The molecule has 8 nitrogen and oxygen atoms in total. The van der Waals surface area contributed by atoms with E-state index in [-0.39, 0.29) is 36.4 Å². The lowest BCUT2D eigenvalue weighted by Crippen LogP contribution is -2.46. The van der Waals surface area contributed by atoms with Gasteiger partial charge in [0.2, 0.25) is 11.8 Å². The first-order valence-corrected chi connectivity index (χ1v) is 17.9. The minimum atomic E-state index is -1.07. The number of hydrogen-bond acceptors (Lipinski definition) is 7. The van der Waals surface area contributed by atoms with Crippen LogP contribution in [-0.4, -0.2) is 41.8 Å². The van der Waals surface area contributed by atoms with Gasteiger partial charge in [-0.3, -0.25) is 14.5 Å². The number of nitrogens with zero attached hydrogens (tertiary/aromatic N) is 1. The number of rotatable bonds is 12. The van der Waals surface area contributed by atoms with Crippen molar-refractivity contribution in [2.24, 2.45) is 17.8 Å². The van der Waals surface area contributed by atoms with Crippen molar-refractivity contribution in [3.05, 3.63) is 131 Å². The summed E-state index contributed by atoms with van der Waals surface area (Å²) in [6, 6.07) is 34.0. The van der Waals surface area contributed by atoms with E-state index in [2.05, 4.69) is 18.3 Å². The topological polar surface area (TPSA) is 108 Å². The Balaban J connectivity index is 1.17. The molecule has 4 atom stereocenters. The van der Waals surface area contributed by atoms with Crippen LogP contribution < -0.4 is 15.0 Å². The molecule has 2 amide bonds. The molecule has 2 saturated heterocycles. The molecule has 4 aromatic rings. The second-order valence-electron chi connectivity index (χ2n) is 13.7. The summed E-state index contributed by atoms with van der Waals surface area (Å²) in [6.07, 6.45) is 5.43. The van der Waals surface area contributed by atoms with Crippen LogP contribution >= 0.6 is 0 Å². The Hall–Kier alpha value is -5.12. The number of allylic oxidation sites excluding steroid dienone is 1. The van der Waals surface area contributed by atoms with Gasteiger partial charge in [0.25, 0.3) is 0 Å². The Labute approximate surface area is 299 Å². The lowest BCUT2D eigenvalue weighted by atomic mass is 9.58. The summed E-state index contributed by atoms with van der Waals surface area (Å²) in [6.45, 7) is 2.40. The molecule has 3 N–H and O–H groups in total. The molecule has 4 aromatic carbocycles. The molecule has 0 radical (unpaired) electrons. The molecule has 0 aromatic heterocycles. The number of phenolic OH excluding ortho intramolecular Hbond substituents is 1. The van der Waals surface area contributed by atoms with Crippen LogP contribution in [0.1, 0.15) is 44.6 Å². The molecule has 0 unspecified atom stereocenters. The number of ether oxygens (including phenoxy) is 1. The molecular weight excluding hydrogens is 639 g/mol. The van der Waals surface area contributed by atoms with Crippen molar-refractivity contribution in [1.29, 1.82) is 0 Å². The van der Waals surface area contributed by atoms with Crippen LogP contribution in [0.3, 0.4) is 0 Å². The monoisotopic (exact) mass is 682 g/mol. The third-order valence-electron chi connectivity index (χ3n) is 10.2. The zero-order valence-electron chi connectivity index (χ0n) is 28.8. The summed E-state index contributed by atoms with van der Waals surface area (Å²) in [5.74, 6) is -1.04. The number of nitrogens with one attached hydrogen (secondary N) is 1. The number of benzene rings is 4. The fourth-order valence-corrected chi connectivity index (χ4v) is 7.98. The number of anilines is 3. The second kappa shape index (κ2) is 15.4. The van der Waals surface area contributed by atoms with Gasteiger partial charge in [-0.25, -0.2) is 0 Å². The molecule has 0 bridgehead atoms. The van der Waals surface area contributed by atoms with Crippen molar-refractivity contribution < 1.29 is 29.1 Å². The van der Waals surface area contributed by atoms with Gasteiger partial charge in [0.05, 0.1) is 23.6 Å². The number of carbonyl (C=O) groups is 2. The zero-order valence-corrected chi connectivity index (χ0v) is 28.8. The summed E-state index contributed by atoms with van der Waals surface area (Å²) < 4.78 is 12.6. The quantitative estimate of drug-likeness (QED) is 0.0786. The first-order valence-electron chi connectivity index (χ1n) is 17.9. The Morgan fingerprint density at radius 3 is 2.35 bits per heavy atom. The number of fused-ring (bicyclic) bond motifs is 3. The number of hydrogen-bond donors (Lipinski definition) is 3. The maximum Gasteiger partial charge on any atom is 0.455 e. The second-order valence-corrected chi connectivity index (χ2v) is 13.7. The van der Waals surface area contributed by atoms with Gasteiger partial charge in [0.1, 0.15) is 18.1 Å². The highest BCUT2D eigenvalue weighted by Gasteiger charge is 2.57. The molecule has 2 aliphatic heterocycles. The smallest absolute Gasteiger partial charge is 0.455 e. The highest BCUT2D eigenvalue weighted by Crippen LogP contribution is 2.51. The van der Waals surface area contributed by atoms with Crippen molar-refractivity contribution in [3.8, 4) is 11.5 Å². The molecule has 0 saturated carbocycles. The first kappa shape index (κ1) is 34.3. The SMILES string of the molecule is CCC/C(=C\c1cccc(O)c1)CC[C@H]1OB(O)C[C@H]2C1=C(COc1ccccc1)C[C@H]1C(=O)N(c3ccc(Nc4ccccc4)cc3)C(=O)[C@H]12. The predicted molar refractivity (Wildman–Crippen MR) is 201 cm³/mol. The fourth-order valence-electron chi connectivity index (χ4n) is 7.98. The molecule has 0 spiro atoms. The van der Waals surface area contributed by atoms with Crippen LogP contribution in [-0.2, 0) is 14.2 Å². The third-order valence-corrected chi connectivity index (χ3v) is 10.2. The average molecular weight is 683 g/mol. The van der Waals surface area contributed by atoms with Crippen molar-refractivity contribution >= 4 is 42.1 Å². The summed E-state index contributed by atoms with van der Waals surface area (Å²) in [5, 5.41) is 24.5. The van der Waals surface area contributed by atoms with E-state index >= 15 is 0 Å². The van der Waals surface area contributed by atoms with Gasteiger partial charge in [-0.15, -0.1) is 0 Å². The number of amides is 2. The van der Waals surface area contributed by atoms with Gasteiger partial charge in [0.15, 0.2) is 0 Å². The lowest BCUT2D eigenvalue weighted by molar-refractivity contribution is -0.122. The molecular formula is C42H43BN2O6. The Bertz CT molecular complexity index is 1910. The number of para-hydroxylation sites is 2. The summed E-state index contributed by atoms with van der Waals surface area (Å²) >= 11 is 0. The van der Waals surface area contributed by atoms with Crippen LogP contribution in [0.5, 0.6) is 11.5 Å². The van der Waals surface area contributed by atoms with Gasteiger partial charge in [0, 0.05) is 11.4 Å². The standard InChI is InChI=1S/C42H43BN2O6/c1-2-10-28(23-29-11-9-14-34(46)24-29)17-22-38-39-30(27-50-35-15-7-4-8-16-35)25-36-40(37(39)26-43(49)51-38)42(48)45(41(36)47)33-20-18-32(19-21-33)44-31-12-5-3-6-13-31/h3-9,11-16,18-21,23-24,36-38,40,44,46,49H,2,10,17,22,25-27H2,1H3/b28-23+/t36-,37+,38-,40-/m1/s1. The molecule has 51 heavy (non-hydrogen) atoms. The Morgan fingerprint density at radius 2 is 1.63 bits per heavy atom. The molecule has 1 aliphatic carbocycles.